The molecule has 0 amide bonds. The molecule has 0 aromatic carbocycles. The van der Waals surface area contributed by atoms with E-state index in [4.69, 9.17) is 4.55 Å². The fourth-order valence-corrected chi connectivity index (χ4v) is 0.945. The first-order valence-electron chi connectivity index (χ1n) is 3.13. The minimum absolute atomic E-state index is 0. The molecule has 0 aromatic heterocycles. The molecule has 0 atom stereocenters. The summed E-state index contributed by atoms with van der Waals surface area (Å²) >= 11 is 0. The first-order valence-corrected chi connectivity index (χ1v) is 4.50. The van der Waals surface area contributed by atoms with Crippen molar-refractivity contribution in [2.45, 2.75) is 0 Å². The lowest BCUT2D eigenvalue weighted by molar-refractivity contribution is -0.0392. The van der Waals surface area contributed by atoms with Crippen LogP contribution in [0.2, 0.25) is 0 Å². The molecule has 5 nitrogen and oxygen atoms in total. The average molecular weight is 253 g/mol. The van der Waals surface area contributed by atoms with E-state index in [0.717, 1.165) is 5.06 Å². The van der Waals surface area contributed by atoms with Gasteiger partial charge in [-0.25, -0.2) is 0 Å². The highest BCUT2D eigenvalue weighted by molar-refractivity contribution is 7.80. The Morgan fingerprint density at radius 1 is 1.13 bits per heavy atom. The molecule has 0 aliphatic heterocycles. The Morgan fingerprint density at radius 2 is 1.47 bits per heavy atom. The second kappa shape index (κ2) is 11.2. The minimum atomic E-state index is -4.44. The van der Waals surface area contributed by atoms with E-state index in [1.807, 2.05) is 0 Å². The number of rotatable bonds is 6. The summed E-state index contributed by atoms with van der Waals surface area (Å²) in [6, 6.07) is 0. The molecule has 1 N–H and O–H groups in total. The van der Waals surface area contributed by atoms with Gasteiger partial charge in [0.1, 0.15) is 0 Å². The molecule has 0 saturated carbocycles. The summed E-state index contributed by atoms with van der Waals surface area (Å²) in [4.78, 5) is 0. The Bertz CT molecular complexity index is 247. The Morgan fingerprint density at radius 3 is 1.67 bits per heavy atom. The monoisotopic (exact) mass is 253 g/mol. The van der Waals surface area contributed by atoms with Crippen LogP contribution in [0.5, 0.6) is 0 Å². The maximum Gasteiger partial charge on any atom is 0.413 e. The topological polar surface area (TPSA) is 66.8 Å². The van der Waals surface area contributed by atoms with Gasteiger partial charge in [0.15, 0.2) is 0 Å². The van der Waals surface area contributed by atoms with E-state index in [1.54, 1.807) is 0 Å². The van der Waals surface area contributed by atoms with Crippen LogP contribution in [0.3, 0.4) is 0 Å². The van der Waals surface area contributed by atoms with Crippen molar-refractivity contribution >= 4 is 10.4 Å². The van der Waals surface area contributed by atoms with Crippen molar-refractivity contribution in [2.75, 3.05) is 13.1 Å². The number of hydroxylamine groups is 2. The van der Waals surface area contributed by atoms with Crippen LogP contribution in [0.1, 0.15) is 0 Å². The Kier molecular flexibility index (Phi) is 17.7. The van der Waals surface area contributed by atoms with Crippen LogP contribution in [0, 0.1) is 0 Å². The highest BCUT2D eigenvalue weighted by atomic mass is 32.3. The highest BCUT2D eigenvalue weighted by Gasteiger charge is 2.11. The molecule has 0 saturated heterocycles. The Hall–Kier alpha value is -0.900. The third-order valence-electron chi connectivity index (χ3n) is 0.865. The fraction of sp³-hybridized carbons (Fsp3) is 0.333. The van der Waals surface area contributed by atoms with E-state index in [0.29, 0.717) is 0 Å². The molecule has 0 aliphatic rings. The smallest absolute Gasteiger partial charge is 0.269 e. The zero-order valence-electron chi connectivity index (χ0n) is 7.74. The van der Waals surface area contributed by atoms with Gasteiger partial charge in [-0.3, -0.25) is 18.7 Å². The van der Waals surface area contributed by atoms with Gasteiger partial charge in [0.05, 0.1) is 0 Å². The van der Waals surface area contributed by atoms with Gasteiger partial charge in [-0.2, -0.15) is 17.8 Å². The molecule has 15 heavy (non-hydrogen) atoms. The molecule has 94 valence electrons. The molecular formula is C6H14F3NO4S. The number of hydrogen-bond acceptors (Lipinski definition) is 4. The van der Waals surface area contributed by atoms with Crippen LogP contribution in [0.4, 0.5) is 14.1 Å². The zero-order chi connectivity index (χ0) is 9.61. The van der Waals surface area contributed by atoms with Crippen LogP contribution in [0.25, 0.3) is 0 Å². The Labute approximate surface area is 86.0 Å². The predicted molar refractivity (Wildman–Crippen MR) is 52.1 cm³/mol. The van der Waals surface area contributed by atoms with Gasteiger partial charge >= 0.3 is 10.4 Å². The van der Waals surface area contributed by atoms with E-state index in [1.165, 1.54) is 12.2 Å². The molecule has 0 fully saturated rings. The van der Waals surface area contributed by atoms with Crippen molar-refractivity contribution in [3.05, 3.63) is 25.3 Å². The summed E-state index contributed by atoms with van der Waals surface area (Å²) < 4.78 is 32.8. The number of nitrogens with zero attached hydrogens (tertiary/aromatic N) is 1. The number of halogens is 3. The average Bonchev–Trinajstić information content (AvgIpc) is 1.84. The largest absolute Gasteiger partial charge is 0.413 e. The van der Waals surface area contributed by atoms with Crippen molar-refractivity contribution in [3.8, 4) is 0 Å². The minimum Gasteiger partial charge on any atom is -0.269 e. The van der Waals surface area contributed by atoms with E-state index in [-0.39, 0.29) is 27.2 Å². The summed E-state index contributed by atoms with van der Waals surface area (Å²) in [6.45, 7) is 7.13. The van der Waals surface area contributed by atoms with Crippen LogP contribution in [0.15, 0.2) is 25.3 Å². The van der Waals surface area contributed by atoms with Crippen LogP contribution in [-0.4, -0.2) is 31.1 Å². The summed E-state index contributed by atoms with van der Waals surface area (Å²) in [6.07, 6.45) is 2.88. The third-order valence-corrected chi connectivity index (χ3v) is 1.26. The van der Waals surface area contributed by atoms with Gasteiger partial charge in [0.25, 0.3) is 0 Å². The quantitative estimate of drug-likeness (QED) is 0.432. The fourth-order valence-electron chi connectivity index (χ4n) is 0.557. The second-order valence-corrected chi connectivity index (χ2v) is 2.93. The Balaban J connectivity index is -0.000000202. The van der Waals surface area contributed by atoms with Crippen LogP contribution >= 0.6 is 0 Å². The lowest BCUT2D eigenvalue weighted by Gasteiger charge is -2.14. The summed E-state index contributed by atoms with van der Waals surface area (Å²) in [7, 11) is -4.44. The van der Waals surface area contributed by atoms with E-state index < -0.39 is 10.4 Å². The highest BCUT2D eigenvalue weighted by Crippen LogP contribution is 1.95. The maximum absolute atomic E-state index is 10.2. The molecule has 9 heteroatoms. The van der Waals surface area contributed by atoms with Crippen LogP contribution < -0.4 is 0 Å². The molecule has 0 spiro atoms. The lowest BCUT2D eigenvalue weighted by atomic mass is 10.5. The molecule has 0 bridgehead atoms. The summed E-state index contributed by atoms with van der Waals surface area (Å²) in [5.41, 5.74) is 0. The molecular weight excluding hydrogens is 239 g/mol. The van der Waals surface area contributed by atoms with E-state index in [9.17, 15) is 8.42 Å². The van der Waals surface area contributed by atoms with Crippen molar-refractivity contribution in [2.24, 2.45) is 0 Å². The summed E-state index contributed by atoms with van der Waals surface area (Å²) in [5.74, 6) is 0. The van der Waals surface area contributed by atoms with Crippen molar-refractivity contribution in [1.29, 1.82) is 0 Å². The van der Waals surface area contributed by atoms with E-state index >= 15 is 0 Å². The lowest BCUT2D eigenvalue weighted by Crippen LogP contribution is -2.27. The molecule has 0 aromatic rings. The molecule has 0 aliphatic carbocycles. The maximum atomic E-state index is 10.2. The SMILES string of the molecule is C=CCN(CC=C)OS(=O)(=O)O.F.F.F. The standard InChI is InChI=1S/C6H11NO4S.3FH/c1-3-5-7(6-4-2)11-12(8,9)10;;;/h3-4H,1-2,5-6H2,(H,8,9,10);3*1H. The van der Waals surface area contributed by atoms with E-state index in [2.05, 4.69) is 17.4 Å². The second-order valence-electron chi connectivity index (χ2n) is 1.93. The van der Waals surface area contributed by atoms with Gasteiger partial charge in [-0.1, -0.05) is 12.2 Å². The number of hydrogen-bond donors (Lipinski definition) is 1. The zero-order valence-corrected chi connectivity index (χ0v) is 8.55. The van der Waals surface area contributed by atoms with Gasteiger partial charge < -0.3 is 0 Å². The summed E-state index contributed by atoms with van der Waals surface area (Å²) in [5, 5.41) is 0.995. The molecule has 0 heterocycles. The first kappa shape index (κ1) is 23.7. The molecule has 0 unspecified atom stereocenters. The molecule has 0 radical (unpaired) electrons. The predicted octanol–water partition coefficient (Wildman–Crippen LogP) is 0.852. The third kappa shape index (κ3) is 15.8. The van der Waals surface area contributed by atoms with Crippen molar-refractivity contribution < 1.29 is 31.4 Å². The van der Waals surface area contributed by atoms with Crippen molar-refractivity contribution in [1.82, 2.24) is 5.06 Å². The van der Waals surface area contributed by atoms with Gasteiger partial charge in [0.2, 0.25) is 0 Å². The normalized spacial score (nSPS) is 9.20. The van der Waals surface area contributed by atoms with Gasteiger partial charge in [0, 0.05) is 13.1 Å². The molecule has 0 rings (SSSR count). The van der Waals surface area contributed by atoms with Crippen LogP contribution in [-0.2, 0) is 14.7 Å². The van der Waals surface area contributed by atoms with Gasteiger partial charge in [-0.05, 0) is 0 Å². The van der Waals surface area contributed by atoms with Gasteiger partial charge in [-0.15, -0.1) is 13.2 Å². The first-order chi connectivity index (χ1) is 5.49. The van der Waals surface area contributed by atoms with Crippen molar-refractivity contribution in [3.63, 3.8) is 0 Å².